The summed E-state index contributed by atoms with van der Waals surface area (Å²) in [5.41, 5.74) is 0.808. The Morgan fingerprint density at radius 3 is 2.96 bits per heavy atom. The van der Waals surface area contributed by atoms with E-state index in [9.17, 15) is 9.59 Å². The Morgan fingerprint density at radius 1 is 1.46 bits per heavy atom. The smallest absolute Gasteiger partial charge is 0.226 e. The first-order chi connectivity index (χ1) is 11.3. The van der Waals surface area contributed by atoms with Crippen LogP contribution in [0.3, 0.4) is 0 Å². The third kappa shape index (κ3) is 4.03. The molecular weight excluding hydrogens is 322 g/mol. The second-order valence-corrected chi connectivity index (χ2v) is 9.07. The van der Waals surface area contributed by atoms with Gasteiger partial charge in [0.05, 0.1) is 10.6 Å². The molecule has 1 fully saturated rings. The van der Waals surface area contributed by atoms with Gasteiger partial charge in [0.2, 0.25) is 5.91 Å². The van der Waals surface area contributed by atoms with E-state index in [1.54, 1.807) is 0 Å². The number of fused-ring (bicyclic) bond motifs is 1. The van der Waals surface area contributed by atoms with Crippen molar-refractivity contribution in [1.82, 2.24) is 10.3 Å². The Labute approximate surface area is 147 Å². The number of nitrogens with one attached hydrogen (secondary N) is 2. The van der Waals surface area contributed by atoms with Gasteiger partial charge in [0.1, 0.15) is 0 Å². The highest BCUT2D eigenvalue weighted by Crippen LogP contribution is 2.38. The molecule has 0 bridgehead atoms. The number of hydrogen-bond donors (Lipinski definition) is 2. The molecule has 1 amide bonds. The third-order valence-corrected chi connectivity index (χ3v) is 6.18. The average Bonchev–Trinajstić information content (AvgIpc) is 2.89. The third-order valence-electron chi connectivity index (χ3n) is 5.13. The molecule has 1 saturated heterocycles. The van der Waals surface area contributed by atoms with Gasteiger partial charge in [0.25, 0.3) is 0 Å². The quantitative estimate of drug-likeness (QED) is 0.875. The van der Waals surface area contributed by atoms with E-state index in [4.69, 9.17) is 0 Å². The fourth-order valence-electron chi connectivity index (χ4n) is 3.77. The Balaban J connectivity index is 1.60. The van der Waals surface area contributed by atoms with E-state index in [0.717, 1.165) is 30.1 Å². The second-order valence-electron chi connectivity index (χ2n) is 8.07. The lowest BCUT2D eigenvalue weighted by atomic mass is 9.78. The minimum Gasteiger partial charge on any atom is -0.316 e. The summed E-state index contributed by atoms with van der Waals surface area (Å²) < 4.78 is 0. The van der Waals surface area contributed by atoms with Crippen molar-refractivity contribution in [1.29, 1.82) is 0 Å². The van der Waals surface area contributed by atoms with Crippen LogP contribution < -0.4 is 10.6 Å². The van der Waals surface area contributed by atoms with E-state index in [1.165, 1.54) is 24.2 Å². The van der Waals surface area contributed by atoms with Crippen LogP contribution in [-0.4, -0.2) is 29.8 Å². The second kappa shape index (κ2) is 6.92. The van der Waals surface area contributed by atoms with E-state index >= 15 is 0 Å². The highest BCUT2D eigenvalue weighted by atomic mass is 32.1. The minimum atomic E-state index is -0.0398. The highest BCUT2D eigenvalue weighted by Gasteiger charge is 2.34. The van der Waals surface area contributed by atoms with Crippen molar-refractivity contribution in [3.05, 3.63) is 10.6 Å². The minimum absolute atomic E-state index is 0.00544. The first kappa shape index (κ1) is 17.5. The largest absolute Gasteiger partial charge is 0.316 e. The number of carbonyl (C=O) groups excluding carboxylic acids is 2. The molecular formula is C18H27N3O2S. The van der Waals surface area contributed by atoms with Gasteiger partial charge in [-0.05, 0) is 49.6 Å². The molecule has 5 nitrogen and oxygen atoms in total. The van der Waals surface area contributed by atoms with Crippen LogP contribution >= 0.6 is 11.3 Å². The van der Waals surface area contributed by atoms with E-state index in [-0.39, 0.29) is 17.1 Å². The predicted octanol–water partition coefficient (Wildman–Crippen LogP) is 3.26. The van der Waals surface area contributed by atoms with Gasteiger partial charge in [0, 0.05) is 12.8 Å². The fraction of sp³-hybridized carbons (Fsp3) is 0.722. The van der Waals surface area contributed by atoms with Crippen molar-refractivity contribution >= 4 is 28.2 Å². The summed E-state index contributed by atoms with van der Waals surface area (Å²) in [5.74, 6) is 1.08. The van der Waals surface area contributed by atoms with Gasteiger partial charge in [0.15, 0.2) is 10.9 Å². The zero-order chi connectivity index (χ0) is 17.3. The van der Waals surface area contributed by atoms with Crippen molar-refractivity contribution in [2.45, 2.75) is 52.9 Å². The van der Waals surface area contributed by atoms with E-state index in [1.807, 2.05) is 0 Å². The van der Waals surface area contributed by atoms with Crippen molar-refractivity contribution in [2.24, 2.45) is 17.3 Å². The number of piperidine rings is 1. The number of carbonyl (C=O) groups is 2. The molecule has 2 aliphatic rings. The maximum Gasteiger partial charge on any atom is 0.226 e. The average molecular weight is 350 g/mol. The maximum absolute atomic E-state index is 12.3. The zero-order valence-corrected chi connectivity index (χ0v) is 15.6. The van der Waals surface area contributed by atoms with Gasteiger partial charge in [-0.15, -0.1) is 0 Å². The summed E-state index contributed by atoms with van der Waals surface area (Å²) in [4.78, 5) is 29.8. The van der Waals surface area contributed by atoms with Gasteiger partial charge >= 0.3 is 0 Å². The van der Waals surface area contributed by atoms with E-state index in [2.05, 4.69) is 36.4 Å². The number of aromatic nitrogens is 1. The highest BCUT2D eigenvalue weighted by molar-refractivity contribution is 7.17. The van der Waals surface area contributed by atoms with Gasteiger partial charge in [-0.3, -0.25) is 9.59 Å². The summed E-state index contributed by atoms with van der Waals surface area (Å²) in [6.07, 6.45) is 4.24. The molecule has 0 aromatic carbocycles. The lowest BCUT2D eigenvalue weighted by Gasteiger charge is -2.27. The molecule has 0 saturated carbocycles. The van der Waals surface area contributed by atoms with Gasteiger partial charge in [-0.2, -0.15) is 0 Å². The predicted molar refractivity (Wildman–Crippen MR) is 96.6 cm³/mol. The topological polar surface area (TPSA) is 71.1 Å². The van der Waals surface area contributed by atoms with Crippen LogP contribution in [0.1, 0.15) is 61.8 Å². The van der Waals surface area contributed by atoms with Gasteiger partial charge in [-0.1, -0.05) is 32.1 Å². The van der Waals surface area contributed by atoms with Crippen molar-refractivity contribution in [2.75, 3.05) is 18.4 Å². The molecule has 3 rings (SSSR count). The normalized spacial score (nSPS) is 24.3. The monoisotopic (exact) mass is 349 g/mol. The summed E-state index contributed by atoms with van der Waals surface area (Å²) in [6.45, 7) is 8.42. The Hall–Kier alpha value is -1.27. The molecule has 2 heterocycles. The maximum atomic E-state index is 12.3. The Kier molecular flexibility index (Phi) is 5.06. The van der Waals surface area contributed by atoms with Gasteiger partial charge in [-0.25, -0.2) is 4.98 Å². The summed E-state index contributed by atoms with van der Waals surface area (Å²) >= 11 is 1.33. The van der Waals surface area contributed by atoms with E-state index in [0.29, 0.717) is 29.8 Å². The molecule has 2 atom stereocenters. The molecule has 1 aromatic rings. The van der Waals surface area contributed by atoms with Crippen molar-refractivity contribution in [3.8, 4) is 0 Å². The molecule has 2 N–H and O–H groups in total. The molecule has 24 heavy (non-hydrogen) atoms. The summed E-state index contributed by atoms with van der Waals surface area (Å²) in [5, 5.41) is 6.89. The first-order valence-corrected chi connectivity index (χ1v) is 9.69. The molecule has 132 valence electrons. The van der Waals surface area contributed by atoms with Crippen LogP contribution in [0.5, 0.6) is 0 Å². The molecule has 0 spiro atoms. The first-order valence-electron chi connectivity index (χ1n) is 8.87. The zero-order valence-electron chi connectivity index (χ0n) is 14.8. The number of Topliss-reactive ketones (excluding diaryl/α,β-unsaturated/α-hetero) is 1. The molecule has 1 aliphatic heterocycles. The number of hydrogen-bond acceptors (Lipinski definition) is 5. The van der Waals surface area contributed by atoms with Crippen LogP contribution in [0, 0.1) is 17.3 Å². The number of thiazole rings is 1. The number of anilines is 1. The van der Waals surface area contributed by atoms with Crippen LogP contribution in [0.25, 0.3) is 0 Å². The lowest BCUT2D eigenvalue weighted by molar-refractivity contribution is -0.117. The summed E-state index contributed by atoms with van der Waals surface area (Å²) in [6, 6.07) is 0. The van der Waals surface area contributed by atoms with Crippen molar-refractivity contribution < 1.29 is 9.59 Å². The number of amides is 1. The molecule has 6 heteroatoms. The molecule has 0 radical (unpaired) electrons. The number of nitrogens with zero attached hydrogens (tertiary/aromatic N) is 1. The molecule has 2 unspecified atom stereocenters. The van der Waals surface area contributed by atoms with Crippen molar-refractivity contribution in [3.63, 3.8) is 0 Å². The number of ketones is 1. The fourth-order valence-corrected chi connectivity index (χ4v) is 4.70. The Bertz CT molecular complexity index is 632. The van der Waals surface area contributed by atoms with Crippen LogP contribution in [-0.2, 0) is 11.2 Å². The SMILES string of the molecule is CC(CC(=O)Nc1nc2c(s1)C(=O)CC(C)(C)C2)C1CCCNC1. The standard InChI is InChI=1S/C18H27N3O2S/c1-11(12-5-4-6-19-10-12)7-15(23)21-17-20-13-8-18(2,3)9-14(22)16(13)24-17/h11-12,19H,4-10H2,1-3H3,(H,20,21,23). The molecule has 1 aromatic heterocycles. The van der Waals surface area contributed by atoms with Crippen LogP contribution in [0.15, 0.2) is 0 Å². The Morgan fingerprint density at radius 2 is 2.25 bits per heavy atom. The number of rotatable bonds is 4. The van der Waals surface area contributed by atoms with Crippen LogP contribution in [0.2, 0.25) is 0 Å². The lowest BCUT2D eigenvalue weighted by Crippen LogP contribution is -2.34. The van der Waals surface area contributed by atoms with Gasteiger partial charge < -0.3 is 10.6 Å². The molecule has 1 aliphatic carbocycles. The van der Waals surface area contributed by atoms with E-state index < -0.39 is 0 Å². The van der Waals surface area contributed by atoms with Crippen LogP contribution in [0.4, 0.5) is 5.13 Å². The summed E-state index contributed by atoms with van der Waals surface area (Å²) in [7, 11) is 0.